The van der Waals surface area contributed by atoms with Crippen LogP contribution < -0.4 is 4.90 Å². The lowest BCUT2D eigenvalue weighted by atomic mass is 9.97. The molecule has 0 spiro atoms. The summed E-state index contributed by atoms with van der Waals surface area (Å²) in [6, 6.07) is 12.1. The van der Waals surface area contributed by atoms with Crippen LogP contribution in [0.5, 0.6) is 0 Å². The summed E-state index contributed by atoms with van der Waals surface area (Å²) in [6.45, 7) is 5.18. The van der Waals surface area contributed by atoms with Gasteiger partial charge in [-0.25, -0.2) is 14.4 Å². The number of nitrogens with one attached hydrogen (secondary N) is 2. The molecule has 4 heterocycles. The summed E-state index contributed by atoms with van der Waals surface area (Å²) in [5.41, 5.74) is 2.32. The van der Waals surface area contributed by atoms with E-state index < -0.39 is 0 Å². The van der Waals surface area contributed by atoms with Gasteiger partial charge in [-0.2, -0.15) is 0 Å². The van der Waals surface area contributed by atoms with Crippen molar-refractivity contribution in [3.63, 3.8) is 0 Å². The van der Waals surface area contributed by atoms with Gasteiger partial charge in [-0.3, -0.25) is 10.2 Å². The minimum absolute atomic E-state index is 0.0494. The predicted molar refractivity (Wildman–Crippen MR) is 147 cm³/mol. The summed E-state index contributed by atoms with van der Waals surface area (Å²) in [5, 5.41) is 8.64. The van der Waals surface area contributed by atoms with Crippen LogP contribution in [-0.2, 0) is 14.3 Å². The smallest absolute Gasteiger partial charge is 0.309 e. The van der Waals surface area contributed by atoms with E-state index in [9.17, 15) is 9.18 Å². The van der Waals surface area contributed by atoms with Crippen LogP contribution in [0.3, 0.4) is 0 Å². The van der Waals surface area contributed by atoms with Crippen molar-refractivity contribution in [3.05, 3.63) is 71.9 Å². The van der Waals surface area contributed by atoms with E-state index in [1.54, 1.807) is 24.4 Å². The molecule has 1 unspecified atom stereocenters. The van der Waals surface area contributed by atoms with Crippen molar-refractivity contribution in [1.29, 1.82) is 5.41 Å². The molecule has 2 N–H and O–H groups in total. The van der Waals surface area contributed by atoms with Crippen molar-refractivity contribution in [1.82, 2.24) is 19.9 Å². The van der Waals surface area contributed by atoms with Crippen LogP contribution in [-0.4, -0.2) is 71.1 Å². The number of hydrogen-bond donors (Lipinski definition) is 2. The number of amidine groups is 1. The van der Waals surface area contributed by atoms with Crippen molar-refractivity contribution in [2.24, 2.45) is 5.92 Å². The minimum atomic E-state index is -0.304. The second-order valence-corrected chi connectivity index (χ2v) is 9.63. The first-order valence-electron chi connectivity index (χ1n) is 13.3. The van der Waals surface area contributed by atoms with Gasteiger partial charge in [0.15, 0.2) is 0 Å². The number of pyridine rings is 1. The molecule has 1 atom stereocenters. The van der Waals surface area contributed by atoms with E-state index in [0.29, 0.717) is 38.0 Å². The van der Waals surface area contributed by atoms with E-state index in [4.69, 9.17) is 19.9 Å². The lowest BCUT2D eigenvalue weighted by Gasteiger charge is -2.36. The number of imidazole rings is 1. The fourth-order valence-electron chi connectivity index (χ4n) is 5.04. The summed E-state index contributed by atoms with van der Waals surface area (Å²) in [4.78, 5) is 28.7. The molecule has 39 heavy (non-hydrogen) atoms. The summed E-state index contributed by atoms with van der Waals surface area (Å²) >= 11 is 0. The second-order valence-electron chi connectivity index (χ2n) is 9.63. The number of anilines is 1. The molecular weight excluding hydrogens is 499 g/mol. The number of benzene rings is 1. The number of hydrogen-bond acceptors (Lipinski definition) is 7. The molecule has 1 aromatic carbocycles. The number of nitrogens with zero attached hydrogens (tertiary/aromatic N) is 4. The van der Waals surface area contributed by atoms with Crippen LogP contribution in [0, 0.1) is 17.1 Å². The normalized spacial score (nSPS) is 18.5. The zero-order valence-corrected chi connectivity index (χ0v) is 22.0. The summed E-state index contributed by atoms with van der Waals surface area (Å²) in [6.07, 6.45) is 6.68. The quantitative estimate of drug-likeness (QED) is 0.263. The first-order valence-corrected chi connectivity index (χ1v) is 13.3. The zero-order chi connectivity index (χ0) is 27.2. The van der Waals surface area contributed by atoms with Crippen molar-refractivity contribution in [3.8, 4) is 11.4 Å². The average molecular weight is 533 g/mol. The van der Waals surface area contributed by atoms with Crippen LogP contribution >= 0.6 is 0 Å². The first kappa shape index (κ1) is 26.6. The Morgan fingerprint density at radius 1 is 1.23 bits per heavy atom. The highest BCUT2D eigenvalue weighted by Gasteiger charge is 2.27. The first-order chi connectivity index (χ1) is 19.0. The number of ether oxygens (including phenoxy) is 2. The fourth-order valence-corrected chi connectivity index (χ4v) is 5.04. The van der Waals surface area contributed by atoms with Crippen LogP contribution in [0.4, 0.5) is 10.2 Å². The summed E-state index contributed by atoms with van der Waals surface area (Å²) in [7, 11) is 0. The number of carbonyl (C=O) groups excluding carboxylic acids is 1. The van der Waals surface area contributed by atoms with Gasteiger partial charge >= 0.3 is 5.97 Å². The molecule has 2 saturated heterocycles. The van der Waals surface area contributed by atoms with Gasteiger partial charge in [0.25, 0.3) is 0 Å². The number of H-pyrrole nitrogens is 1. The van der Waals surface area contributed by atoms with Crippen LogP contribution in [0.2, 0.25) is 0 Å². The number of piperidine rings is 1. The van der Waals surface area contributed by atoms with E-state index in [0.717, 1.165) is 48.7 Å². The van der Waals surface area contributed by atoms with E-state index in [1.807, 2.05) is 36.1 Å². The largest absolute Gasteiger partial charge is 0.466 e. The molecule has 2 fully saturated rings. The van der Waals surface area contributed by atoms with E-state index in [2.05, 4.69) is 14.9 Å². The predicted octanol–water partition coefficient (Wildman–Crippen LogP) is 4.45. The molecule has 0 amide bonds. The van der Waals surface area contributed by atoms with Crippen molar-refractivity contribution < 1.29 is 18.7 Å². The molecule has 10 heteroatoms. The lowest BCUT2D eigenvalue weighted by molar-refractivity contribution is -0.148. The monoisotopic (exact) mass is 532 g/mol. The van der Waals surface area contributed by atoms with Crippen molar-refractivity contribution >= 4 is 23.7 Å². The Morgan fingerprint density at radius 3 is 2.85 bits per heavy atom. The third-order valence-electron chi connectivity index (χ3n) is 7.12. The number of aromatic nitrogens is 3. The Morgan fingerprint density at radius 2 is 2.05 bits per heavy atom. The molecule has 0 radical (unpaired) electrons. The highest BCUT2D eigenvalue weighted by atomic mass is 19.1. The highest BCUT2D eigenvalue weighted by molar-refractivity contribution is 5.94. The molecule has 0 bridgehead atoms. The molecule has 5 rings (SSSR count). The number of aromatic amines is 1. The Balaban J connectivity index is 1.23. The fraction of sp³-hybridized carbons (Fsp3) is 0.379. The maximum atomic E-state index is 13.8. The van der Waals surface area contributed by atoms with E-state index >= 15 is 0 Å². The Kier molecular flexibility index (Phi) is 8.31. The standard InChI is InChI=1S/C29H33FN6O3/c1-2-39-29(37)20-11-13-35(14-12-20)28-8-4-7-23(34-28)24-18-32-27(33-24)10-9-26(31)36-15-16-38-19-25(36)21-5-3-6-22(30)17-21/h3-10,17-18,20,25,31H,2,11-16,19H2,1H3,(H,32,33)/b10-9-,31-26?. The van der Waals surface area contributed by atoms with Gasteiger partial charge in [0.2, 0.25) is 0 Å². The maximum Gasteiger partial charge on any atom is 0.309 e. The number of halogens is 1. The molecule has 9 nitrogen and oxygen atoms in total. The van der Waals surface area contributed by atoms with Gasteiger partial charge in [0.05, 0.1) is 49.4 Å². The summed E-state index contributed by atoms with van der Waals surface area (Å²) < 4.78 is 24.6. The molecule has 2 aliphatic heterocycles. The molecular formula is C29H33FN6O3. The van der Waals surface area contributed by atoms with Gasteiger partial charge < -0.3 is 24.3 Å². The van der Waals surface area contributed by atoms with Gasteiger partial charge in [0.1, 0.15) is 23.3 Å². The van der Waals surface area contributed by atoms with Crippen LogP contribution in [0.25, 0.3) is 17.5 Å². The molecule has 2 aliphatic rings. The van der Waals surface area contributed by atoms with Gasteiger partial charge in [-0.05, 0) is 61.7 Å². The maximum absolute atomic E-state index is 13.8. The molecule has 0 saturated carbocycles. The van der Waals surface area contributed by atoms with Crippen LogP contribution in [0.15, 0.2) is 54.7 Å². The molecule has 204 valence electrons. The van der Waals surface area contributed by atoms with Gasteiger partial charge in [-0.1, -0.05) is 18.2 Å². The second kappa shape index (κ2) is 12.2. The Hall–Kier alpha value is -4.05. The SMILES string of the molecule is CCOC(=O)C1CCN(c2cccc(-c3cnc(/C=C\C(=N)N4CCOCC4c4cccc(F)c4)[nH]3)n2)CC1. The molecule has 2 aromatic heterocycles. The average Bonchev–Trinajstić information content (AvgIpc) is 3.45. The minimum Gasteiger partial charge on any atom is -0.466 e. The van der Waals surface area contributed by atoms with Crippen molar-refractivity contribution in [2.75, 3.05) is 44.4 Å². The molecule has 3 aromatic rings. The van der Waals surface area contributed by atoms with E-state index in [1.165, 1.54) is 12.1 Å². The van der Waals surface area contributed by atoms with Crippen LogP contribution in [0.1, 0.15) is 37.2 Å². The number of rotatable bonds is 7. The van der Waals surface area contributed by atoms with E-state index in [-0.39, 0.29) is 23.7 Å². The topological polar surface area (TPSA) is 107 Å². The van der Waals surface area contributed by atoms with Gasteiger partial charge in [-0.15, -0.1) is 0 Å². The van der Waals surface area contributed by atoms with Gasteiger partial charge in [0, 0.05) is 19.6 Å². The summed E-state index contributed by atoms with van der Waals surface area (Å²) in [5.74, 6) is 1.31. The third kappa shape index (κ3) is 6.34. The number of carbonyl (C=O) groups is 1. The van der Waals surface area contributed by atoms with Crippen molar-refractivity contribution in [2.45, 2.75) is 25.8 Å². The highest BCUT2D eigenvalue weighted by Crippen LogP contribution is 2.27. The third-order valence-corrected chi connectivity index (χ3v) is 7.12. The number of esters is 1. The lowest BCUT2D eigenvalue weighted by Crippen LogP contribution is -2.42. The zero-order valence-electron chi connectivity index (χ0n) is 22.0. The Bertz CT molecular complexity index is 1330. The Labute approximate surface area is 227 Å². The molecule has 0 aliphatic carbocycles. The number of morpholine rings is 1.